The molecule has 0 fully saturated rings. The Labute approximate surface area is 143 Å². The average molecular weight is 317 g/mol. The van der Waals surface area contributed by atoms with E-state index in [1.165, 1.54) is 28.8 Å². The van der Waals surface area contributed by atoms with E-state index < -0.39 is 0 Å². The maximum absolute atomic E-state index is 4.29. The molecule has 1 atom stereocenters. The van der Waals surface area contributed by atoms with Gasteiger partial charge >= 0.3 is 0 Å². The van der Waals surface area contributed by atoms with Gasteiger partial charge in [0.1, 0.15) is 0 Å². The Morgan fingerprint density at radius 2 is 2.04 bits per heavy atom. The van der Waals surface area contributed by atoms with Crippen molar-refractivity contribution in [2.75, 3.05) is 6.54 Å². The largest absolute Gasteiger partial charge is 0.350 e. The number of rotatable bonds is 3. The van der Waals surface area contributed by atoms with Gasteiger partial charge in [-0.3, -0.25) is 9.88 Å². The number of fused-ring (bicyclic) bond motifs is 1. The molecule has 1 aliphatic heterocycles. The highest BCUT2D eigenvalue weighted by atomic mass is 15.2. The summed E-state index contributed by atoms with van der Waals surface area (Å²) >= 11 is 0. The van der Waals surface area contributed by atoms with E-state index in [1.807, 2.05) is 18.5 Å². The van der Waals surface area contributed by atoms with Gasteiger partial charge in [-0.1, -0.05) is 35.9 Å². The van der Waals surface area contributed by atoms with Gasteiger partial charge in [0.05, 0.1) is 6.04 Å². The molecule has 0 amide bonds. The molecule has 0 saturated heterocycles. The zero-order chi connectivity index (χ0) is 16.4. The Balaban J connectivity index is 1.76. The lowest BCUT2D eigenvalue weighted by Gasteiger charge is -2.30. The van der Waals surface area contributed by atoms with Gasteiger partial charge in [-0.2, -0.15) is 0 Å². The molecule has 3 heteroatoms. The van der Waals surface area contributed by atoms with E-state index in [9.17, 15) is 0 Å². The maximum atomic E-state index is 4.29. The Hall–Kier alpha value is -2.39. The molecule has 0 bridgehead atoms. The molecule has 0 spiro atoms. The van der Waals surface area contributed by atoms with Crippen molar-refractivity contribution in [3.8, 4) is 0 Å². The first-order valence-electron chi connectivity index (χ1n) is 8.66. The SMILES string of the molecule is Cc1cccc([C@H]2c3cccn3CCCN2Cc2cccnc2)c1. The molecule has 1 aromatic carbocycles. The first-order valence-corrected chi connectivity index (χ1v) is 8.66. The van der Waals surface area contributed by atoms with Crippen molar-refractivity contribution >= 4 is 0 Å². The molecule has 0 unspecified atom stereocenters. The highest BCUT2D eigenvalue weighted by molar-refractivity contribution is 5.32. The smallest absolute Gasteiger partial charge is 0.0759 e. The van der Waals surface area contributed by atoms with E-state index in [0.717, 1.165) is 19.6 Å². The molecule has 0 N–H and O–H groups in total. The average Bonchev–Trinajstić information content (AvgIpc) is 2.97. The van der Waals surface area contributed by atoms with E-state index in [-0.39, 0.29) is 0 Å². The predicted octanol–water partition coefficient (Wildman–Crippen LogP) is 4.19. The number of nitrogens with zero attached hydrogens (tertiary/aromatic N) is 3. The summed E-state index contributed by atoms with van der Waals surface area (Å²) in [5.74, 6) is 0. The molecule has 1 aliphatic rings. The van der Waals surface area contributed by atoms with Crippen LogP contribution in [0.15, 0.2) is 67.1 Å². The lowest BCUT2D eigenvalue weighted by atomic mass is 9.99. The predicted molar refractivity (Wildman–Crippen MR) is 96.7 cm³/mol. The minimum atomic E-state index is 0.294. The maximum Gasteiger partial charge on any atom is 0.0759 e. The van der Waals surface area contributed by atoms with Crippen molar-refractivity contribution in [2.45, 2.75) is 32.5 Å². The van der Waals surface area contributed by atoms with Crippen molar-refractivity contribution in [2.24, 2.45) is 0 Å². The third-order valence-electron chi connectivity index (χ3n) is 4.82. The topological polar surface area (TPSA) is 21.1 Å². The number of pyridine rings is 1. The fourth-order valence-electron chi connectivity index (χ4n) is 3.76. The van der Waals surface area contributed by atoms with Crippen molar-refractivity contribution in [1.29, 1.82) is 0 Å². The molecule has 3 aromatic rings. The molecule has 0 saturated carbocycles. The summed E-state index contributed by atoms with van der Waals surface area (Å²) in [5.41, 5.74) is 5.36. The summed E-state index contributed by atoms with van der Waals surface area (Å²) in [4.78, 5) is 6.88. The van der Waals surface area contributed by atoms with E-state index in [4.69, 9.17) is 0 Å². The van der Waals surface area contributed by atoms with E-state index in [2.05, 4.69) is 70.0 Å². The van der Waals surface area contributed by atoms with Crippen LogP contribution in [0.1, 0.15) is 34.8 Å². The standard InChI is InChI=1S/C21H23N3/c1-17-6-2-8-19(14-17)21-20-9-4-11-23(20)12-5-13-24(21)16-18-7-3-10-22-15-18/h2-4,6-11,14-15,21H,5,12-13,16H2,1H3/t21-/m0/s1. The van der Waals surface area contributed by atoms with Gasteiger partial charge in [-0.05, 0) is 42.7 Å². The molecule has 3 nitrogen and oxygen atoms in total. The number of benzene rings is 1. The van der Waals surface area contributed by atoms with Crippen LogP contribution in [-0.2, 0) is 13.1 Å². The summed E-state index contributed by atoms with van der Waals surface area (Å²) < 4.78 is 2.41. The van der Waals surface area contributed by atoms with E-state index in [0.29, 0.717) is 6.04 Å². The summed E-state index contributed by atoms with van der Waals surface area (Å²) in [5, 5.41) is 0. The Morgan fingerprint density at radius 1 is 1.08 bits per heavy atom. The van der Waals surface area contributed by atoms with Crippen LogP contribution in [0.2, 0.25) is 0 Å². The van der Waals surface area contributed by atoms with Gasteiger partial charge < -0.3 is 4.57 Å². The number of aromatic nitrogens is 2. The lowest BCUT2D eigenvalue weighted by Crippen LogP contribution is -2.29. The highest BCUT2D eigenvalue weighted by Gasteiger charge is 2.27. The second-order valence-electron chi connectivity index (χ2n) is 6.63. The molecule has 4 rings (SSSR count). The monoisotopic (exact) mass is 317 g/mol. The van der Waals surface area contributed by atoms with Gasteiger partial charge in [0.15, 0.2) is 0 Å². The molecular weight excluding hydrogens is 294 g/mol. The van der Waals surface area contributed by atoms with Crippen LogP contribution in [0.3, 0.4) is 0 Å². The van der Waals surface area contributed by atoms with Crippen molar-refractivity contribution in [3.63, 3.8) is 0 Å². The van der Waals surface area contributed by atoms with Crippen LogP contribution in [0, 0.1) is 6.92 Å². The second kappa shape index (κ2) is 6.62. The molecule has 24 heavy (non-hydrogen) atoms. The molecule has 0 aliphatic carbocycles. The van der Waals surface area contributed by atoms with Crippen LogP contribution < -0.4 is 0 Å². The van der Waals surface area contributed by atoms with Crippen LogP contribution in [0.4, 0.5) is 0 Å². The highest BCUT2D eigenvalue weighted by Crippen LogP contribution is 2.33. The third-order valence-corrected chi connectivity index (χ3v) is 4.82. The fourth-order valence-corrected chi connectivity index (χ4v) is 3.76. The fraction of sp³-hybridized carbons (Fsp3) is 0.286. The van der Waals surface area contributed by atoms with Gasteiger partial charge in [0, 0.05) is 43.9 Å². The molecule has 3 heterocycles. The lowest BCUT2D eigenvalue weighted by molar-refractivity contribution is 0.220. The van der Waals surface area contributed by atoms with Gasteiger partial charge in [0.25, 0.3) is 0 Å². The second-order valence-corrected chi connectivity index (χ2v) is 6.63. The van der Waals surface area contributed by atoms with Crippen molar-refractivity contribution in [1.82, 2.24) is 14.5 Å². The first kappa shape index (κ1) is 15.2. The summed E-state index contributed by atoms with van der Waals surface area (Å²) in [6, 6.07) is 17.9. The van der Waals surface area contributed by atoms with Crippen LogP contribution >= 0.6 is 0 Å². The number of aryl methyl sites for hydroxylation is 2. The van der Waals surface area contributed by atoms with Gasteiger partial charge in [-0.15, -0.1) is 0 Å². The molecule has 0 radical (unpaired) electrons. The zero-order valence-corrected chi connectivity index (χ0v) is 14.1. The molecule has 122 valence electrons. The van der Waals surface area contributed by atoms with Crippen molar-refractivity contribution < 1.29 is 0 Å². The number of hydrogen-bond acceptors (Lipinski definition) is 2. The Bertz CT molecular complexity index is 807. The minimum Gasteiger partial charge on any atom is -0.350 e. The van der Waals surface area contributed by atoms with Crippen LogP contribution in [0.25, 0.3) is 0 Å². The van der Waals surface area contributed by atoms with Crippen LogP contribution in [-0.4, -0.2) is 21.0 Å². The minimum absolute atomic E-state index is 0.294. The van der Waals surface area contributed by atoms with E-state index >= 15 is 0 Å². The van der Waals surface area contributed by atoms with E-state index in [1.54, 1.807) is 0 Å². The molecule has 2 aromatic heterocycles. The van der Waals surface area contributed by atoms with Crippen LogP contribution in [0.5, 0.6) is 0 Å². The first-order chi connectivity index (χ1) is 11.8. The summed E-state index contributed by atoms with van der Waals surface area (Å²) in [6.07, 6.45) is 7.21. The Kier molecular flexibility index (Phi) is 4.18. The number of hydrogen-bond donors (Lipinski definition) is 0. The quantitative estimate of drug-likeness (QED) is 0.722. The normalized spacial score (nSPS) is 18.1. The molecular formula is C21H23N3. The zero-order valence-electron chi connectivity index (χ0n) is 14.1. The third kappa shape index (κ3) is 3.00. The van der Waals surface area contributed by atoms with Gasteiger partial charge in [0.2, 0.25) is 0 Å². The van der Waals surface area contributed by atoms with Crippen molar-refractivity contribution in [3.05, 3.63) is 89.5 Å². The Morgan fingerprint density at radius 3 is 2.88 bits per heavy atom. The summed E-state index contributed by atoms with van der Waals surface area (Å²) in [7, 11) is 0. The summed E-state index contributed by atoms with van der Waals surface area (Å²) in [6.45, 7) is 5.28. The van der Waals surface area contributed by atoms with Gasteiger partial charge in [-0.25, -0.2) is 0 Å².